The van der Waals surface area contributed by atoms with Crippen molar-refractivity contribution in [2.45, 2.75) is 19.3 Å². The van der Waals surface area contributed by atoms with Gasteiger partial charge in [0.2, 0.25) is 0 Å². The second kappa shape index (κ2) is 8.34. The largest absolute Gasteiger partial charge is 0.444 e. The highest BCUT2D eigenvalue weighted by Gasteiger charge is 2.30. The average Bonchev–Trinajstić information content (AvgIpc) is 3.12. The van der Waals surface area contributed by atoms with Crippen molar-refractivity contribution in [3.05, 3.63) is 70.0 Å². The summed E-state index contributed by atoms with van der Waals surface area (Å²) in [5, 5.41) is 10.9. The topological polar surface area (TPSA) is 86.3 Å². The summed E-state index contributed by atoms with van der Waals surface area (Å²) in [7, 11) is 0. The molecule has 8 nitrogen and oxygen atoms in total. The van der Waals surface area contributed by atoms with Gasteiger partial charge in [-0.25, -0.2) is 0 Å². The van der Waals surface area contributed by atoms with Crippen LogP contribution in [0.1, 0.15) is 11.3 Å². The maximum Gasteiger partial charge on any atom is 0.416 e. The van der Waals surface area contributed by atoms with Crippen molar-refractivity contribution in [1.82, 2.24) is 19.4 Å². The van der Waals surface area contributed by atoms with E-state index in [1.54, 1.807) is 10.6 Å². The highest BCUT2D eigenvalue weighted by Crippen LogP contribution is 2.30. The lowest BCUT2D eigenvalue weighted by Gasteiger charge is -2.24. The number of nitrogens with zero attached hydrogens (tertiary/aromatic N) is 5. The SMILES string of the molecule is O=[N+]([O-])c1cn2c(n1)OCCN(Cc1cccc(-c3ccc(C(F)(F)F)cc3)n1)CC2. The van der Waals surface area contributed by atoms with Crippen LogP contribution in [-0.2, 0) is 19.3 Å². The zero-order valence-corrected chi connectivity index (χ0v) is 16.2. The molecule has 0 aliphatic carbocycles. The number of nitro groups is 1. The molecule has 1 aliphatic rings. The molecule has 2 aromatic heterocycles. The third kappa shape index (κ3) is 4.82. The number of hydrogen-bond acceptors (Lipinski definition) is 6. The Morgan fingerprint density at radius 1 is 1.06 bits per heavy atom. The predicted molar refractivity (Wildman–Crippen MR) is 104 cm³/mol. The van der Waals surface area contributed by atoms with E-state index in [0.29, 0.717) is 44.0 Å². The molecule has 0 saturated carbocycles. The van der Waals surface area contributed by atoms with Crippen molar-refractivity contribution in [2.24, 2.45) is 0 Å². The van der Waals surface area contributed by atoms with Gasteiger partial charge in [-0.15, -0.1) is 0 Å². The molecule has 0 spiro atoms. The van der Waals surface area contributed by atoms with Gasteiger partial charge in [0.1, 0.15) is 12.8 Å². The Balaban J connectivity index is 1.45. The molecule has 31 heavy (non-hydrogen) atoms. The van der Waals surface area contributed by atoms with E-state index in [4.69, 9.17) is 4.74 Å². The molecule has 4 rings (SSSR count). The van der Waals surface area contributed by atoms with E-state index in [9.17, 15) is 23.3 Å². The number of hydrogen-bond donors (Lipinski definition) is 0. The molecule has 0 atom stereocenters. The van der Waals surface area contributed by atoms with Crippen molar-refractivity contribution in [2.75, 3.05) is 19.7 Å². The van der Waals surface area contributed by atoms with Gasteiger partial charge >= 0.3 is 18.0 Å². The van der Waals surface area contributed by atoms with E-state index in [1.165, 1.54) is 18.3 Å². The summed E-state index contributed by atoms with van der Waals surface area (Å²) in [6.45, 7) is 2.47. The maximum atomic E-state index is 12.8. The van der Waals surface area contributed by atoms with Gasteiger partial charge in [0.25, 0.3) is 0 Å². The van der Waals surface area contributed by atoms with E-state index in [1.807, 2.05) is 12.1 Å². The van der Waals surface area contributed by atoms with Crippen LogP contribution >= 0.6 is 0 Å². The number of imidazole rings is 1. The lowest BCUT2D eigenvalue weighted by molar-refractivity contribution is -0.389. The number of ether oxygens (including phenoxy) is 1. The Bertz CT molecular complexity index is 1080. The molecule has 0 fully saturated rings. The van der Waals surface area contributed by atoms with Gasteiger partial charge in [-0.3, -0.25) is 14.5 Å². The minimum absolute atomic E-state index is 0.230. The fourth-order valence-corrected chi connectivity index (χ4v) is 3.32. The van der Waals surface area contributed by atoms with Gasteiger partial charge in [-0.05, 0) is 29.2 Å². The number of alkyl halides is 3. The standard InChI is InChI=1S/C20H18F3N5O3/c21-20(22,23)15-6-4-14(5-7-15)17-3-1-2-16(24-17)12-26-8-9-27-13-18(28(29)30)25-19(27)31-11-10-26/h1-7,13H,8-12H2. The summed E-state index contributed by atoms with van der Waals surface area (Å²) >= 11 is 0. The van der Waals surface area contributed by atoms with Gasteiger partial charge in [-0.1, -0.05) is 18.2 Å². The molecular formula is C20H18F3N5O3. The van der Waals surface area contributed by atoms with Crippen LogP contribution in [0.25, 0.3) is 11.3 Å². The summed E-state index contributed by atoms with van der Waals surface area (Å²) in [5.41, 5.74) is 1.24. The Morgan fingerprint density at radius 3 is 2.55 bits per heavy atom. The molecule has 11 heteroatoms. The maximum absolute atomic E-state index is 12.8. The Kier molecular flexibility index (Phi) is 5.59. The van der Waals surface area contributed by atoms with E-state index < -0.39 is 16.7 Å². The van der Waals surface area contributed by atoms with E-state index >= 15 is 0 Å². The molecule has 3 heterocycles. The summed E-state index contributed by atoms with van der Waals surface area (Å²) in [6.07, 6.45) is -3.03. The average molecular weight is 433 g/mol. The zero-order valence-electron chi connectivity index (χ0n) is 16.2. The van der Waals surface area contributed by atoms with Crippen LogP contribution in [0.3, 0.4) is 0 Å². The Morgan fingerprint density at radius 2 is 1.84 bits per heavy atom. The van der Waals surface area contributed by atoms with Crippen molar-refractivity contribution in [1.29, 1.82) is 0 Å². The first-order chi connectivity index (χ1) is 14.8. The summed E-state index contributed by atoms with van der Waals surface area (Å²) in [6, 6.07) is 10.5. The molecule has 0 saturated heterocycles. The van der Waals surface area contributed by atoms with Crippen LogP contribution in [0, 0.1) is 10.1 Å². The summed E-state index contributed by atoms with van der Waals surface area (Å²) < 4.78 is 45.5. The summed E-state index contributed by atoms with van der Waals surface area (Å²) in [4.78, 5) is 20.9. The van der Waals surface area contributed by atoms with Crippen LogP contribution in [0.5, 0.6) is 6.01 Å². The molecule has 0 N–H and O–H groups in total. The quantitative estimate of drug-likeness (QED) is 0.460. The number of fused-ring (bicyclic) bond motifs is 1. The lowest BCUT2D eigenvalue weighted by Crippen LogP contribution is -2.33. The number of rotatable bonds is 4. The number of halogens is 3. The molecule has 0 radical (unpaired) electrons. The number of pyridine rings is 1. The highest BCUT2D eigenvalue weighted by atomic mass is 19.4. The fourth-order valence-electron chi connectivity index (χ4n) is 3.32. The van der Waals surface area contributed by atoms with Crippen LogP contribution < -0.4 is 4.74 Å². The molecule has 1 aromatic carbocycles. The number of benzene rings is 1. The van der Waals surface area contributed by atoms with Crippen molar-refractivity contribution < 1.29 is 22.8 Å². The van der Waals surface area contributed by atoms with Gasteiger partial charge in [0.05, 0.1) is 17.0 Å². The van der Waals surface area contributed by atoms with E-state index in [-0.39, 0.29) is 11.8 Å². The first-order valence-corrected chi connectivity index (χ1v) is 9.50. The first-order valence-electron chi connectivity index (χ1n) is 9.50. The number of aromatic nitrogens is 3. The molecule has 162 valence electrons. The van der Waals surface area contributed by atoms with Gasteiger partial charge in [-0.2, -0.15) is 13.2 Å². The third-order valence-corrected chi connectivity index (χ3v) is 4.91. The van der Waals surface area contributed by atoms with E-state index in [0.717, 1.165) is 17.8 Å². The smallest absolute Gasteiger partial charge is 0.416 e. The normalized spacial score (nSPS) is 14.9. The van der Waals surface area contributed by atoms with Crippen molar-refractivity contribution in [3.63, 3.8) is 0 Å². The predicted octanol–water partition coefficient (Wildman–Crippen LogP) is 3.77. The van der Waals surface area contributed by atoms with Gasteiger partial charge in [0.15, 0.2) is 0 Å². The van der Waals surface area contributed by atoms with Crippen LogP contribution in [0.4, 0.5) is 19.0 Å². The molecule has 3 aromatic rings. The monoisotopic (exact) mass is 433 g/mol. The first kappa shape index (κ1) is 20.8. The molecule has 1 aliphatic heterocycles. The minimum Gasteiger partial charge on any atom is -0.444 e. The fraction of sp³-hybridized carbons (Fsp3) is 0.300. The highest BCUT2D eigenvalue weighted by molar-refractivity contribution is 5.59. The zero-order chi connectivity index (χ0) is 22.0. The van der Waals surface area contributed by atoms with Gasteiger partial charge in [0, 0.05) is 36.7 Å². The second-order valence-electron chi connectivity index (χ2n) is 7.05. The molecule has 0 unspecified atom stereocenters. The van der Waals surface area contributed by atoms with Crippen LogP contribution in [0.15, 0.2) is 48.7 Å². The van der Waals surface area contributed by atoms with E-state index in [2.05, 4.69) is 14.9 Å². The second-order valence-corrected chi connectivity index (χ2v) is 7.05. The third-order valence-electron chi connectivity index (χ3n) is 4.91. The molecule has 0 amide bonds. The molecule has 0 bridgehead atoms. The van der Waals surface area contributed by atoms with Crippen molar-refractivity contribution >= 4 is 5.82 Å². The Hall–Kier alpha value is -3.47. The van der Waals surface area contributed by atoms with Crippen LogP contribution in [0.2, 0.25) is 0 Å². The van der Waals surface area contributed by atoms with Crippen LogP contribution in [-0.4, -0.2) is 44.1 Å². The molecular weight excluding hydrogens is 415 g/mol. The Labute approximate surface area is 175 Å². The minimum atomic E-state index is -4.38. The van der Waals surface area contributed by atoms with Crippen molar-refractivity contribution in [3.8, 4) is 17.3 Å². The summed E-state index contributed by atoms with van der Waals surface area (Å²) in [5.74, 6) is -0.255. The lowest BCUT2D eigenvalue weighted by atomic mass is 10.1. The van der Waals surface area contributed by atoms with Gasteiger partial charge < -0.3 is 14.9 Å².